The van der Waals surface area contributed by atoms with E-state index in [1.807, 2.05) is 6.07 Å². The first-order valence-electron chi connectivity index (χ1n) is 3.66. The van der Waals surface area contributed by atoms with Crippen molar-refractivity contribution >= 4 is 34.4 Å². The van der Waals surface area contributed by atoms with Crippen LogP contribution < -0.4 is 0 Å². The summed E-state index contributed by atoms with van der Waals surface area (Å²) in [6.45, 7) is 0. The van der Waals surface area contributed by atoms with Crippen LogP contribution in [-0.4, -0.2) is 11.1 Å². The standard InChI is InChI=1S/C9H5ClN2O/c10-7-1-2-8-6(3-7)4-9(12-8)11-5-13/h1-4,12H. The van der Waals surface area contributed by atoms with Gasteiger partial charge in [-0.25, -0.2) is 4.79 Å². The van der Waals surface area contributed by atoms with Gasteiger partial charge in [-0.2, -0.15) is 0 Å². The van der Waals surface area contributed by atoms with Crippen LogP contribution in [0.4, 0.5) is 5.82 Å². The van der Waals surface area contributed by atoms with E-state index < -0.39 is 0 Å². The highest BCUT2D eigenvalue weighted by Crippen LogP contribution is 2.23. The lowest BCUT2D eigenvalue weighted by molar-refractivity contribution is 0.565. The Morgan fingerprint density at radius 1 is 1.38 bits per heavy atom. The first-order valence-corrected chi connectivity index (χ1v) is 4.03. The van der Waals surface area contributed by atoms with E-state index in [-0.39, 0.29) is 0 Å². The van der Waals surface area contributed by atoms with Crippen LogP contribution in [0, 0.1) is 0 Å². The Kier molecular flexibility index (Phi) is 1.89. The van der Waals surface area contributed by atoms with E-state index in [9.17, 15) is 4.79 Å². The molecule has 0 amide bonds. The van der Waals surface area contributed by atoms with Gasteiger partial charge in [-0.05, 0) is 24.3 Å². The van der Waals surface area contributed by atoms with Gasteiger partial charge in [-0.3, -0.25) is 0 Å². The average Bonchev–Trinajstić information content (AvgIpc) is 2.46. The Hall–Kier alpha value is -1.57. The number of nitrogens with zero attached hydrogens (tertiary/aromatic N) is 1. The van der Waals surface area contributed by atoms with Gasteiger partial charge in [-0.15, -0.1) is 4.99 Å². The molecule has 0 saturated heterocycles. The summed E-state index contributed by atoms with van der Waals surface area (Å²) in [6, 6.07) is 7.15. The molecule has 2 rings (SSSR count). The molecule has 64 valence electrons. The Morgan fingerprint density at radius 3 is 3.00 bits per heavy atom. The van der Waals surface area contributed by atoms with Crippen LogP contribution in [0.5, 0.6) is 0 Å². The SMILES string of the molecule is O=C=Nc1cc2cc(Cl)ccc2[nH]1. The molecule has 1 aromatic heterocycles. The molecule has 0 bridgehead atoms. The molecular formula is C9H5ClN2O. The highest BCUT2D eigenvalue weighted by atomic mass is 35.5. The molecule has 0 aliphatic heterocycles. The van der Waals surface area contributed by atoms with Gasteiger partial charge in [0.2, 0.25) is 6.08 Å². The van der Waals surface area contributed by atoms with Crippen molar-refractivity contribution in [3.05, 3.63) is 29.3 Å². The van der Waals surface area contributed by atoms with Gasteiger partial charge in [0, 0.05) is 15.9 Å². The lowest BCUT2D eigenvalue weighted by Gasteiger charge is -1.88. The number of aromatic amines is 1. The van der Waals surface area contributed by atoms with Crippen molar-refractivity contribution in [3.63, 3.8) is 0 Å². The molecule has 0 unspecified atom stereocenters. The van der Waals surface area contributed by atoms with Crippen molar-refractivity contribution < 1.29 is 4.79 Å². The van der Waals surface area contributed by atoms with E-state index in [1.54, 1.807) is 18.2 Å². The number of benzene rings is 1. The largest absolute Gasteiger partial charge is 0.339 e. The third-order valence-electron chi connectivity index (χ3n) is 1.73. The molecule has 3 nitrogen and oxygen atoms in total. The molecule has 0 radical (unpaired) electrons. The van der Waals surface area contributed by atoms with E-state index >= 15 is 0 Å². The van der Waals surface area contributed by atoms with Crippen molar-refractivity contribution in [2.45, 2.75) is 0 Å². The minimum absolute atomic E-state index is 0.493. The molecule has 2 aromatic rings. The fourth-order valence-electron chi connectivity index (χ4n) is 1.20. The van der Waals surface area contributed by atoms with Crippen LogP contribution in [0.3, 0.4) is 0 Å². The van der Waals surface area contributed by atoms with Crippen molar-refractivity contribution in [2.75, 3.05) is 0 Å². The zero-order valence-electron chi connectivity index (χ0n) is 6.54. The summed E-state index contributed by atoms with van der Waals surface area (Å²) in [4.78, 5) is 16.4. The van der Waals surface area contributed by atoms with E-state index in [0.717, 1.165) is 10.9 Å². The predicted molar refractivity (Wildman–Crippen MR) is 51.1 cm³/mol. The Balaban J connectivity index is 2.68. The first-order chi connectivity index (χ1) is 6.29. The van der Waals surface area contributed by atoms with Gasteiger partial charge in [0.05, 0.1) is 0 Å². The number of nitrogens with one attached hydrogen (secondary N) is 1. The molecule has 0 fully saturated rings. The highest BCUT2D eigenvalue weighted by Gasteiger charge is 1.99. The summed E-state index contributed by atoms with van der Waals surface area (Å²) in [7, 11) is 0. The summed E-state index contributed by atoms with van der Waals surface area (Å²) in [5.74, 6) is 0.493. The van der Waals surface area contributed by atoms with Gasteiger partial charge >= 0.3 is 0 Å². The number of aliphatic imine (C=N–C) groups is 1. The lowest BCUT2D eigenvalue weighted by atomic mass is 10.2. The van der Waals surface area contributed by atoms with E-state index in [2.05, 4.69) is 9.98 Å². The second-order valence-electron chi connectivity index (χ2n) is 2.59. The molecule has 0 aliphatic rings. The fraction of sp³-hybridized carbons (Fsp3) is 0. The molecule has 0 saturated carbocycles. The number of isocyanates is 1. The second kappa shape index (κ2) is 3.05. The van der Waals surface area contributed by atoms with Crippen LogP contribution in [-0.2, 0) is 4.79 Å². The summed E-state index contributed by atoms with van der Waals surface area (Å²) >= 11 is 5.78. The Morgan fingerprint density at radius 2 is 2.23 bits per heavy atom. The Labute approximate surface area is 79.0 Å². The maximum Gasteiger partial charge on any atom is 0.242 e. The number of rotatable bonds is 1. The van der Waals surface area contributed by atoms with Gasteiger partial charge in [-0.1, -0.05) is 11.6 Å². The average molecular weight is 193 g/mol. The number of H-pyrrole nitrogens is 1. The van der Waals surface area contributed by atoms with Gasteiger partial charge in [0.25, 0.3) is 0 Å². The third kappa shape index (κ3) is 1.47. The van der Waals surface area contributed by atoms with E-state index in [1.165, 1.54) is 6.08 Å². The van der Waals surface area contributed by atoms with Gasteiger partial charge in [0.15, 0.2) is 0 Å². The van der Waals surface area contributed by atoms with Crippen molar-refractivity contribution in [3.8, 4) is 0 Å². The minimum Gasteiger partial charge on any atom is -0.339 e. The van der Waals surface area contributed by atoms with Crippen LogP contribution >= 0.6 is 11.6 Å². The summed E-state index contributed by atoms with van der Waals surface area (Å²) < 4.78 is 0. The van der Waals surface area contributed by atoms with Gasteiger partial charge < -0.3 is 4.98 Å². The molecule has 0 spiro atoms. The van der Waals surface area contributed by atoms with Crippen LogP contribution in [0.2, 0.25) is 5.02 Å². The molecule has 0 aliphatic carbocycles. The van der Waals surface area contributed by atoms with E-state index in [4.69, 9.17) is 11.6 Å². The van der Waals surface area contributed by atoms with E-state index in [0.29, 0.717) is 10.8 Å². The summed E-state index contributed by atoms with van der Waals surface area (Å²) in [5, 5.41) is 1.59. The number of hydrogen-bond acceptors (Lipinski definition) is 2. The Bertz CT molecular complexity index is 497. The monoisotopic (exact) mass is 192 g/mol. The smallest absolute Gasteiger partial charge is 0.242 e. The van der Waals surface area contributed by atoms with Crippen molar-refractivity contribution in [1.82, 2.24) is 4.98 Å². The molecule has 1 heterocycles. The van der Waals surface area contributed by atoms with Crippen LogP contribution in [0.25, 0.3) is 10.9 Å². The number of carbonyl (C=O) groups excluding carboxylic acids is 1. The summed E-state index contributed by atoms with van der Waals surface area (Å²) in [5.41, 5.74) is 0.901. The maximum atomic E-state index is 9.98. The van der Waals surface area contributed by atoms with Gasteiger partial charge in [0.1, 0.15) is 5.82 Å². The van der Waals surface area contributed by atoms with Crippen molar-refractivity contribution in [2.24, 2.45) is 4.99 Å². The molecule has 4 heteroatoms. The first kappa shape index (κ1) is 8.05. The van der Waals surface area contributed by atoms with Crippen LogP contribution in [0.15, 0.2) is 29.3 Å². The zero-order valence-corrected chi connectivity index (χ0v) is 7.30. The molecule has 0 atom stereocenters. The fourth-order valence-corrected chi connectivity index (χ4v) is 1.38. The topological polar surface area (TPSA) is 45.2 Å². The minimum atomic E-state index is 0.493. The second-order valence-corrected chi connectivity index (χ2v) is 3.03. The number of halogens is 1. The van der Waals surface area contributed by atoms with Crippen LogP contribution in [0.1, 0.15) is 0 Å². The van der Waals surface area contributed by atoms with Crippen molar-refractivity contribution in [1.29, 1.82) is 0 Å². The molecule has 13 heavy (non-hydrogen) atoms. The quantitative estimate of drug-likeness (QED) is 0.548. The number of aromatic nitrogens is 1. The highest BCUT2D eigenvalue weighted by molar-refractivity contribution is 6.31. The zero-order chi connectivity index (χ0) is 9.26. The number of hydrogen-bond donors (Lipinski definition) is 1. The predicted octanol–water partition coefficient (Wildman–Crippen LogP) is 2.79. The molecule has 1 N–H and O–H groups in total. The summed E-state index contributed by atoms with van der Waals surface area (Å²) in [6.07, 6.45) is 1.47. The number of fused-ring (bicyclic) bond motifs is 1. The normalized spacial score (nSPS) is 9.92. The third-order valence-corrected chi connectivity index (χ3v) is 1.97. The maximum absolute atomic E-state index is 9.98. The molecular weight excluding hydrogens is 188 g/mol. The lowest BCUT2D eigenvalue weighted by Crippen LogP contribution is -1.66. The molecule has 1 aromatic carbocycles.